The van der Waals surface area contributed by atoms with E-state index in [0.29, 0.717) is 0 Å². The predicted molar refractivity (Wildman–Crippen MR) is 80.6 cm³/mol. The third-order valence-corrected chi connectivity index (χ3v) is 4.20. The van der Waals surface area contributed by atoms with E-state index in [0.717, 1.165) is 24.7 Å². The summed E-state index contributed by atoms with van der Waals surface area (Å²) in [6.07, 6.45) is 6.87. The quantitative estimate of drug-likeness (QED) is 0.239. The number of allylic oxidation sites excluding steroid dienone is 4. The van der Waals surface area contributed by atoms with Crippen LogP contribution in [0.15, 0.2) is 23.3 Å². The summed E-state index contributed by atoms with van der Waals surface area (Å²) in [6, 6.07) is 1.24. The van der Waals surface area contributed by atoms with Gasteiger partial charge >= 0.3 is 0 Å². The van der Waals surface area contributed by atoms with Crippen LogP contribution in [-0.4, -0.2) is 51.8 Å². The van der Waals surface area contributed by atoms with E-state index in [2.05, 4.69) is 34.9 Å². The third kappa shape index (κ3) is 13.1. The SMILES string of the molecule is CC(=CCC/C(C)=C\C=O)C[Si](C)(C)P.[Ca]. The Morgan fingerprint density at radius 2 is 1.81 bits per heavy atom. The molecule has 1 unspecified atom stereocenters. The molecule has 0 amide bonds. The van der Waals surface area contributed by atoms with Crippen LogP contribution in [0.1, 0.15) is 26.7 Å². The van der Waals surface area contributed by atoms with Crippen LogP contribution in [0.25, 0.3) is 0 Å². The molecule has 0 aliphatic rings. The minimum absolute atomic E-state index is 0. The smallest absolute Gasteiger partial charge is 0.142 e. The molecule has 0 heterocycles. The van der Waals surface area contributed by atoms with E-state index >= 15 is 0 Å². The molecule has 1 nitrogen and oxygen atoms in total. The van der Waals surface area contributed by atoms with Crippen LogP contribution in [0.4, 0.5) is 0 Å². The number of hydrogen-bond donors (Lipinski definition) is 0. The Kier molecular flexibility index (Phi) is 12.2. The summed E-state index contributed by atoms with van der Waals surface area (Å²) in [5.41, 5.74) is 2.65. The summed E-state index contributed by atoms with van der Waals surface area (Å²) in [5.74, 6) is 0. The average Bonchev–Trinajstić information content (AvgIpc) is 2.00. The molecule has 0 bridgehead atoms. The van der Waals surface area contributed by atoms with E-state index in [1.165, 1.54) is 11.6 Å². The Labute approximate surface area is 133 Å². The molecule has 4 heteroatoms. The Balaban J connectivity index is 0. The van der Waals surface area contributed by atoms with Gasteiger partial charge in [-0.1, -0.05) is 30.3 Å². The second-order valence-electron chi connectivity index (χ2n) is 4.90. The van der Waals surface area contributed by atoms with Gasteiger partial charge in [0.05, 0.1) is 7.74 Å². The molecule has 16 heavy (non-hydrogen) atoms. The molecule has 0 saturated carbocycles. The number of rotatable bonds is 6. The maximum Gasteiger partial charge on any atom is 0.142 e. The first-order valence-electron chi connectivity index (χ1n) is 5.40. The van der Waals surface area contributed by atoms with Crippen molar-refractivity contribution in [3.05, 3.63) is 23.3 Å². The van der Waals surface area contributed by atoms with E-state index in [-0.39, 0.29) is 37.7 Å². The van der Waals surface area contributed by atoms with Gasteiger partial charge in [-0.25, -0.2) is 0 Å². The topological polar surface area (TPSA) is 17.1 Å². The summed E-state index contributed by atoms with van der Waals surface area (Å²) in [4.78, 5) is 10.2. The first kappa shape index (κ1) is 19.4. The number of carbonyl (C=O) groups excluding carboxylic acids is 1. The zero-order valence-electron chi connectivity index (χ0n) is 11.0. The van der Waals surface area contributed by atoms with Crippen molar-refractivity contribution >= 4 is 60.6 Å². The monoisotopic (exact) mass is 282 g/mol. The fourth-order valence-corrected chi connectivity index (χ4v) is 4.08. The van der Waals surface area contributed by atoms with Gasteiger partial charge in [-0.05, 0) is 38.8 Å². The van der Waals surface area contributed by atoms with Crippen molar-refractivity contribution < 1.29 is 4.79 Å². The van der Waals surface area contributed by atoms with Crippen LogP contribution in [0.5, 0.6) is 0 Å². The van der Waals surface area contributed by atoms with Crippen LogP contribution < -0.4 is 0 Å². The summed E-state index contributed by atoms with van der Waals surface area (Å²) in [5, 5.41) is 0. The molecule has 0 fully saturated rings. The van der Waals surface area contributed by atoms with Crippen molar-refractivity contribution in [1.29, 1.82) is 0 Å². The molecule has 0 rings (SSSR count). The van der Waals surface area contributed by atoms with E-state index in [4.69, 9.17) is 0 Å². The fourth-order valence-electron chi connectivity index (χ4n) is 1.54. The van der Waals surface area contributed by atoms with Gasteiger partial charge in [0, 0.05) is 37.7 Å². The summed E-state index contributed by atoms with van der Waals surface area (Å²) in [6.45, 7) is 8.92. The van der Waals surface area contributed by atoms with Crippen molar-refractivity contribution in [2.75, 3.05) is 0 Å². The second kappa shape index (κ2) is 10.0. The van der Waals surface area contributed by atoms with Crippen molar-refractivity contribution in [3.8, 4) is 0 Å². The molecule has 0 saturated heterocycles. The molecule has 0 N–H and O–H groups in total. The first-order valence-corrected chi connectivity index (χ1v) is 10.4. The van der Waals surface area contributed by atoms with E-state index < -0.39 is 7.74 Å². The molecule has 0 aromatic heterocycles. The molecule has 0 aliphatic heterocycles. The molecule has 0 aromatic carbocycles. The van der Waals surface area contributed by atoms with Gasteiger partial charge in [0.2, 0.25) is 0 Å². The van der Waals surface area contributed by atoms with Gasteiger partial charge in [0.25, 0.3) is 0 Å². The predicted octanol–water partition coefficient (Wildman–Crippen LogP) is 3.56. The number of carbonyl (C=O) groups is 1. The molecule has 0 aromatic rings. The molecule has 88 valence electrons. The van der Waals surface area contributed by atoms with Crippen LogP contribution in [-0.2, 0) is 4.79 Å². The van der Waals surface area contributed by atoms with Crippen LogP contribution in [0, 0.1) is 0 Å². The second-order valence-corrected chi connectivity index (χ2v) is 13.9. The minimum Gasteiger partial charge on any atom is -0.299 e. The Morgan fingerprint density at radius 3 is 2.25 bits per heavy atom. The van der Waals surface area contributed by atoms with Crippen molar-refractivity contribution in [3.63, 3.8) is 0 Å². The molecule has 0 aliphatic carbocycles. The van der Waals surface area contributed by atoms with Crippen LogP contribution in [0.2, 0.25) is 19.1 Å². The van der Waals surface area contributed by atoms with Gasteiger partial charge in [0.1, 0.15) is 6.29 Å². The van der Waals surface area contributed by atoms with Gasteiger partial charge in [-0.2, -0.15) is 0 Å². The van der Waals surface area contributed by atoms with Crippen molar-refractivity contribution in [2.45, 2.75) is 45.8 Å². The first-order chi connectivity index (χ1) is 6.85. The van der Waals surface area contributed by atoms with E-state index in [1.54, 1.807) is 6.08 Å². The maximum atomic E-state index is 10.2. The fraction of sp³-hybridized carbons (Fsp3) is 0.583. The maximum absolute atomic E-state index is 10.2. The van der Waals surface area contributed by atoms with E-state index in [9.17, 15) is 4.79 Å². The number of aldehydes is 1. The molecule has 0 spiro atoms. The third-order valence-electron chi connectivity index (χ3n) is 2.12. The van der Waals surface area contributed by atoms with Crippen molar-refractivity contribution in [1.82, 2.24) is 0 Å². The average molecular weight is 282 g/mol. The molecular weight excluding hydrogens is 259 g/mol. The summed E-state index contributed by atoms with van der Waals surface area (Å²) in [7, 11) is 1.97. The molecule has 2 radical (unpaired) electrons. The normalized spacial score (nSPS) is 13.3. The Hall–Kier alpha value is 1.06. The Bertz CT molecular complexity index is 267. The van der Waals surface area contributed by atoms with Crippen molar-refractivity contribution in [2.24, 2.45) is 0 Å². The Morgan fingerprint density at radius 1 is 1.25 bits per heavy atom. The molecular formula is C12H23CaOPSi. The minimum atomic E-state index is -1.04. The van der Waals surface area contributed by atoms with Gasteiger partial charge in [-0.3, -0.25) is 4.79 Å². The zero-order chi connectivity index (χ0) is 11.9. The number of hydrogen-bond acceptors (Lipinski definition) is 1. The van der Waals surface area contributed by atoms with E-state index in [1.807, 2.05) is 6.92 Å². The molecule has 1 atom stereocenters. The van der Waals surface area contributed by atoms with Crippen LogP contribution >= 0.6 is 8.79 Å². The van der Waals surface area contributed by atoms with Gasteiger partial charge in [0.15, 0.2) is 0 Å². The summed E-state index contributed by atoms with van der Waals surface area (Å²) < 4.78 is 0. The standard InChI is InChI=1S/C12H23OPSi.Ca/c1-11(8-9-13)6-5-7-12(2)10-15(3,4)14;/h7-9H,5-6,10,14H2,1-4H3;/b11-8-,12-7?;. The van der Waals surface area contributed by atoms with Gasteiger partial charge in [-0.15, -0.1) is 8.79 Å². The van der Waals surface area contributed by atoms with Crippen LogP contribution in [0.3, 0.4) is 0 Å². The van der Waals surface area contributed by atoms with Gasteiger partial charge < -0.3 is 0 Å². The largest absolute Gasteiger partial charge is 0.299 e. The summed E-state index contributed by atoms with van der Waals surface area (Å²) >= 11 is 0. The zero-order valence-corrected chi connectivity index (χ0v) is 15.4.